The van der Waals surface area contributed by atoms with Gasteiger partial charge in [-0.15, -0.1) is 10.2 Å². The quantitative estimate of drug-likeness (QED) is 0.615. The Hall–Kier alpha value is -2.38. The van der Waals surface area contributed by atoms with E-state index in [2.05, 4.69) is 28.2 Å². The zero-order valence-electron chi connectivity index (χ0n) is 14.9. The maximum absolute atomic E-state index is 10.2. The SMILES string of the molecule is CCc1cccc(OCC(O)CSc2nnc(-c3cccnc3)n2C)c1. The highest BCUT2D eigenvalue weighted by Crippen LogP contribution is 2.22. The number of aromatic nitrogens is 4. The number of nitrogens with zero attached hydrogens (tertiary/aromatic N) is 4. The molecule has 1 aromatic carbocycles. The van der Waals surface area contributed by atoms with Crippen LogP contribution in [-0.2, 0) is 13.5 Å². The topological polar surface area (TPSA) is 73.1 Å². The molecule has 1 unspecified atom stereocenters. The highest BCUT2D eigenvalue weighted by atomic mass is 32.2. The minimum Gasteiger partial charge on any atom is -0.491 e. The van der Waals surface area contributed by atoms with E-state index in [1.54, 1.807) is 12.4 Å². The number of rotatable bonds is 8. The van der Waals surface area contributed by atoms with Crippen LogP contribution in [0.3, 0.4) is 0 Å². The van der Waals surface area contributed by atoms with Crippen molar-refractivity contribution in [2.75, 3.05) is 12.4 Å². The molecule has 0 amide bonds. The molecule has 1 atom stereocenters. The third kappa shape index (κ3) is 4.62. The van der Waals surface area contributed by atoms with Crippen LogP contribution in [0.15, 0.2) is 53.9 Å². The Bertz CT molecular complexity index is 839. The van der Waals surface area contributed by atoms with Crippen molar-refractivity contribution in [3.63, 3.8) is 0 Å². The van der Waals surface area contributed by atoms with E-state index in [4.69, 9.17) is 4.74 Å². The van der Waals surface area contributed by atoms with Crippen molar-refractivity contribution in [3.8, 4) is 17.1 Å². The van der Waals surface area contributed by atoms with Gasteiger partial charge in [0.25, 0.3) is 0 Å². The molecule has 0 aliphatic rings. The number of hydrogen-bond donors (Lipinski definition) is 1. The first kappa shape index (κ1) is 18.4. The molecule has 1 N–H and O–H groups in total. The number of thioether (sulfide) groups is 1. The summed E-state index contributed by atoms with van der Waals surface area (Å²) in [7, 11) is 1.91. The summed E-state index contributed by atoms with van der Waals surface area (Å²) < 4.78 is 7.59. The molecule has 0 fully saturated rings. The smallest absolute Gasteiger partial charge is 0.191 e. The van der Waals surface area contributed by atoms with Gasteiger partial charge in [-0.05, 0) is 36.2 Å². The van der Waals surface area contributed by atoms with Crippen LogP contribution < -0.4 is 4.74 Å². The van der Waals surface area contributed by atoms with Gasteiger partial charge in [0.1, 0.15) is 12.4 Å². The molecule has 26 heavy (non-hydrogen) atoms. The van der Waals surface area contributed by atoms with Crippen LogP contribution in [0.1, 0.15) is 12.5 Å². The van der Waals surface area contributed by atoms with E-state index in [1.807, 2.05) is 41.9 Å². The molecule has 2 heterocycles. The van der Waals surface area contributed by atoms with Crippen molar-refractivity contribution in [2.24, 2.45) is 7.05 Å². The van der Waals surface area contributed by atoms with Gasteiger partial charge >= 0.3 is 0 Å². The van der Waals surface area contributed by atoms with Crippen molar-refractivity contribution < 1.29 is 9.84 Å². The molecule has 0 bridgehead atoms. The molecule has 0 saturated carbocycles. The lowest BCUT2D eigenvalue weighted by Gasteiger charge is -2.12. The van der Waals surface area contributed by atoms with Gasteiger partial charge in [-0.3, -0.25) is 4.98 Å². The summed E-state index contributed by atoms with van der Waals surface area (Å²) in [6.07, 6.45) is 3.85. The van der Waals surface area contributed by atoms with Crippen LogP contribution >= 0.6 is 11.8 Å². The lowest BCUT2D eigenvalue weighted by atomic mass is 10.2. The molecule has 0 saturated heterocycles. The molecule has 0 aliphatic carbocycles. The molecule has 6 nitrogen and oxygen atoms in total. The maximum atomic E-state index is 10.2. The summed E-state index contributed by atoms with van der Waals surface area (Å²) in [5.74, 6) is 2.01. The van der Waals surface area contributed by atoms with Crippen molar-refractivity contribution >= 4 is 11.8 Å². The summed E-state index contributed by atoms with van der Waals surface area (Å²) in [5.41, 5.74) is 2.13. The fourth-order valence-corrected chi connectivity index (χ4v) is 3.27. The standard InChI is InChI=1S/C19H22N4O2S/c1-3-14-6-4-8-17(10-14)25-12-16(24)13-26-19-22-21-18(23(19)2)15-7-5-9-20-11-15/h4-11,16,24H,3,12-13H2,1-2H3. The lowest BCUT2D eigenvalue weighted by molar-refractivity contribution is 0.126. The predicted molar refractivity (Wildman–Crippen MR) is 102 cm³/mol. The number of aliphatic hydroxyl groups is 1. The summed E-state index contributed by atoms with van der Waals surface area (Å²) >= 11 is 1.45. The number of ether oxygens (including phenoxy) is 1. The molecule has 0 radical (unpaired) electrons. The Kier molecular flexibility index (Phi) is 6.25. The molecule has 3 rings (SSSR count). The van der Waals surface area contributed by atoms with E-state index >= 15 is 0 Å². The molecule has 136 valence electrons. The number of benzene rings is 1. The molecule has 3 aromatic rings. The lowest BCUT2D eigenvalue weighted by Crippen LogP contribution is -2.20. The van der Waals surface area contributed by atoms with Gasteiger partial charge in [0.05, 0.1) is 6.10 Å². The average Bonchev–Trinajstić information content (AvgIpc) is 3.06. The molecule has 2 aromatic heterocycles. The number of hydrogen-bond acceptors (Lipinski definition) is 6. The summed E-state index contributed by atoms with van der Waals surface area (Å²) in [6.45, 7) is 2.35. The van der Waals surface area contributed by atoms with Gasteiger partial charge in [0.15, 0.2) is 11.0 Å². The Morgan fingerprint density at radius 2 is 2.12 bits per heavy atom. The average molecular weight is 370 g/mol. The largest absolute Gasteiger partial charge is 0.491 e. The van der Waals surface area contributed by atoms with Crippen LogP contribution in [0.2, 0.25) is 0 Å². The number of pyridine rings is 1. The molecular weight excluding hydrogens is 348 g/mol. The van der Waals surface area contributed by atoms with E-state index in [9.17, 15) is 5.11 Å². The Morgan fingerprint density at radius 3 is 2.88 bits per heavy atom. The second kappa shape index (κ2) is 8.82. The monoisotopic (exact) mass is 370 g/mol. The second-order valence-corrected chi connectivity index (χ2v) is 6.87. The van der Waals surface area contributed by atoms with Gasteiger partial charge in [0, 0.05) is 30.8 Å². The van der Waals surface area contributed by atoms with Crippen LogP contribution in [0.4, 0.5) is 0 Å². The van der Waals surface area contributed by atoms with Crippen LogP contribution in [0.25, 0.3) is 11.4 Å². The van der Waals surface area contributed by atoms with Crippen molar-refractivity contribution in [3.05, 3.63) is 54.4 Å². The van der Waals surface area contributed by atoms with E-state index in [1.165, 1.54) is 17.3 Å². The van der Waals surface area contributed by atoms with Crippen molar-refractivity contribution in [1.82, 2.24) is 19.7 Å². The molecule has 0 aliphatic heterocycles. The normalized spacial score (nSPS) is 12.1. The second-order valence-electron chi connectivity index (χ2n) is 5.88. The zero-order chi connectivity index (χ0) is 18.4. The minimum absolute atomic E-state index is 0.244. The molecule has 0 spiro atoms. The fraction of sp³-hybridized carbons (Fsp3) is 0.316. The number of aryl methyl sites for hydroxylation is 1. The molecule has 7 heteroatoms. The third-order valence-electron chi connectivity index (χ3n) is 3.91. The predicted octanol–water partition coefficient (Wildman–Crippen LogP) is 2.97. The first-order chi connectivity index (χ1) is 12.7. The Balaban J connectivity index is 1.53. The van der Waals surface area contributed by atoms with E-state index < -0.39 is 6.10 Å². The molecular formula is C19H22N4O2S. The van der Waals surface area contributed by atoms with Gasteiger partial charge in [-0.25, -0.2) is 0 Å². The summed E-state index contributed by atoms with van der Waals surface area (Å²) in [4.78, 5) is 4.11. The van der Waals surface area contributed by atoms with Crippen molar-refractivity contribution in [1.29, 1.82) is 0 Å². The Morgan fingerprint density at radius 1 is 1.23 bits per heavy atom. The van der Waals surface area contributed by atoms with E-state index in [-0.39, 0.29) is 6.61 Å². The highest BCUT2D eigenvalue weighted by Gasteiger charge is 2.14. The van der Waals surface area contributed by atoms with Crippen molar-refractivity contribution in [2.45, 2.75) is 24.6 Å². The van der Waals surface area contributed by atoms with Crippen LogP contribution in [0, 0.1) is 0 Å². The highest BCUT2D eigenvalue weighted by molar-refractivity contribution is 7.99. The van der Waals surface area contributed by atoms with Gasteiger partial charge in [0.2, 0.25) is 0 Å². The zero-order valence-corrected chi connectivity index (χ0v) is 15.7. The first-order valence-electron chi connectivity index (χ1n) is 8.49. The van der Waals surface area contributed by atoms with E-state index in [0.29, 0.717) is 5.75 Å². The van der Waals surface area contributed by atoms with Crippen LogP contribution in [0.5, 0.6) is 5.75 Å². The fourth-order valence-electron chi connectivity index (χ4n) is 2.45. The Labute approximate surface area is 157 Å². The number of aliphatic hydroxyl groups excluding tert-OH is 1. The van der Waals surface area contributed by atoms with Gasteiger partial charge < -0.3 is 14.4 Å². The van der Waals surface area contributed by atoms with Gasteiger partial charge in [-0.1, -0.05) is 30.8 Å². The van der Waals surface area contributed by atoms with Gasteiger partial charge in [-0.2, -0.15) is 0 Å². The summed E-state index contributed by atoms with van der Waals surface area (Å²) in [6, 6.07) is 11.7. The van der Waals surface area contributed by atoms with Crippen LogP contribution in [-0.4, -0.2) is 43.3 Å². The minimum atomic E-state index is -0.594. The summed E-state index contributed by atoms with van der Waals surface area (Å²) in [5, 5.41) is 19.4. The van der Waals surface area contributed by atoms with E-state index in [0.717, 1.165) is 28.7 Å². The first-order valence-corrected chi connectivity index (χ1v) is 9.48. The third-order valence-corrected chi connectivity index (χ3v) is 5.07. The maximum Gasteiger partial charge on any atom is 0.191 e.